The molecule has 0 aliphatic carbocycles. The van der Waals surface area contributed by atoms with Crippen molar-refractivity contribution in [1.82, 2.24) is 0 Å². The van der Waals surface area contributed by atoms with Gasteiger partial charge in [-0.15, -0.1) is 0 Å². The molecule has 3 rings (SSSR count). The molecule has 0 amide bonds. The molecule has 0 aromatic heterocycles. The van der Waals surface area contributed by atoms with Gasteiger partial charge in [-0.05, 0) is 17.2 Å². The second kappa shape index (κ2) is 8.65. The van der Waals surface area contributed by atoms with Crippen LogP contribution in [-0.2, 0) is 4.79 Å². The topological polar surface area (TPSA) is 54.4 Å². The van der Waals surface area contributed by atoms with Crippen LogP contribution in [0.1, 0.15) is 39.7 Å². The largest absolute Gasteiger partial charge is 0.481 e. The minimum absolute atomic E-state index is 0.0552. The van der Waals surface area contributed by atoms with Gasteiger partial charge < -0.3 is 5.11 Å². The van der Waals surface area contributed by atoms with Gasteiger partial charge in [0.1, 0.15) is 0 Å². The molecule has 0 aliphatic heterocycles. The molecule has 27 heavy (non-hydrogen) atoms. The summed E-state index contributed by atoms with van der Waals surface area (Å²) >= 11 is 6.38. The van der Waals surface area contributed by atoms with Crippen LogP contribution in [0.15, 0.2) is 84.9 Å². The van der Waals surface area contributed by atoms with E-state index in [0.29, 0.717) is 21.7 Å². The van der Waals surface area contributed by atoms with Crippen LogP contribution in [0.4, 0.5) is 0 Å². The van der Waals surface area contributed by atoms with Crippen LogP contribution < -0.4 is 0 Å². The molecule has 3 nitrogen and oxygen atoms in total. The lowest BCUT2D eigenvalue weighted by Gasteiger charge is -2.25. The molecule has 2 atom stereocenters. The van der Waals surface area contributed by atoms with Gasteiger partial charge in [-0.3, -0.25) is 9.59 Å². The summed E-state index contributed by atoms with van der Waals surface area (Å²) < 4.78 is 0. The number of carbonyl (C=O) groups excluding carboxylic acids is 1. The lowest BCUT2D eigenvalue weighted by atomic mass is 9.78. The summed E-state index contributed by atoms with van der Waals surface area (Å²) in [5.41, 5.74) is 1.88. The second-order valence-electron chi connectivity index (χ2n) is 6.35. The average molecular weight is 379 g/mol. The van der Waals surface area contributed by atoms with Crippen molar-refractivity contribution < 1.29 is 14.7 Å². The number of carbonyl (C=O) groups is 2. The Balaban J connectivity index is 2.05. The Bertz CT molecular complexity index is 923. The first-order chi connectivity index (χ1) is 13.1. The Labute approximate surface area is 163 Å². The van der Waals surface area contributed by atoms with E-state index >= 15 is 0 Å². The number of benzene rings is 3. The summed E-state index contributed by atoms with van der Waals surface area (Å²) in [6.07, 6.45) is 0.0552. The van der Waals surface area contributed by atoms with Crippen molar-refractivity contribution in [1.29, 1.82) is 0 Å². The van der Waals surface area contributed by atoms with E-state index in [1.807, 2.05) is 18.2 Å². The number of halogens is 1. The first-order valence-corrected chi connectivity index (χ1v) is 9.06. The van der Waals surface area contributed by atoms with Crippen LogP contribution in [0.3, 0.4) is 0 Å². The molecule has 2 unspecified atom stereocenters. The number of hydrogen-bond donors (Lipinski definition) is 1. The molecule has 0 spiro atoms. The molecule has 0 radical (unpaired) electrons. The highest BCUT2D eigenvalue weighted by atomic mass is 35.5. The van der Waals surface area contributed by atoms with Gasteiger partial charge in [0, 0.05) is 22.9 Å². The first kappa shape index (κ1) is 18.9. The van der Waals surface area contributed by atoms with Gasteiger partial charge in [0.05, 0.1) is 5.92 Å². The number of hydrogen-bond acceptors (Lipinski definition) is 2. The highest BCUT2D eigenvalue weighted by molar-refractivity contribution is 6.31. The maximum atomic E-state index is 12.9. The Kier molecular flexibility index (Phi) is 6.05. The van der Waals surface area contributed by atoms with Crippen molar-refractivity contribution in [2.75, 3.05) is 0 Å². The van der Waals surface area contributed by atoms with Crippen molar-refractivity contribution >= 4 is 23.4 Å². The van der Waals surface area contributed by atoms with Gasteiger partial charge in [0.2, 0.25) is 0 Å². The fourth-order valence-electron chi connectivity index (χ4n) is 3.33. The van der Waals surface area contributed by atoms with Crippen LogP contribution in [-0.4, -0.2) is 16.9 Å². The fraction of sp³-hybridized carbons (Fsp3) is 0.130. The van der Waals surface area contributed by atoms with Crippen molar-refractivity contribution in [3.8, 4) is 0 Å². The zero-order valence-electron chi connectivity index (χ0n) is 14.6. The SMILES string of the molecule is O=C(CC(c1ccccc1Cl)C(C(=O)O)c1ccccc1)c1ccccc1. The summed E-state index contributed by atoms with van der Waals surface area (Å²) in [5, 5.41) is 10.4. The molecule has 3 aromatic carbocycles. The monoisotopic (exact) mass is 378 g/mol. The highest BCUT2D eigenvalue weighted by Crippen LogP contribution is 2.39. The molecule has 0 fully saturated rings. The Hall–Kier alpha value is -2.91. The van der Waals surface area contributed by atoms with E-state index in [9.17, 15) is 14.7 Å². The number of rotatable bonds is 7. The van der Waals surface area contributed by atoms with Crippen LogP contribution in [0, 0.1) is 0 Å². The molecule has 4 heteroatoms. The van der Waals surface area contributed by atoms with E-state index in [2.05, 4.69) is 0 Å². The molecule has 0 heterocycles. The summed E-state index contributed by atoms with van der Waals surface area (Å²) in [6.45, 7) is 0. The quantitative estimate of drug-likeness (QED) is 0.547. The number of ketones is 1. The third kappa shape index (κ3) is 4.44. The first-order valence-electron chi connectivity index (χ1n) is 8.68. The van der Waals surface area contributed by atoms with Crippen LogP contribution in [0.25, 0.3) is 0 Å². The number of carboxylic acid groups (broad SMARTS) is 1. The molecule has 1 N–H and O–H groups in total. The van der Waals surface area contributed by atoms with Gasteiger partial charge >= 0.3 is 5.97 Å². The highest BCUT2D eigenvalue weighted by Gasteiger charge is 2.34. The maximum absolute atomic E-state index is 12.9. The predicted octanol–water partition coefficient (Wildman–Crippen LogP) is 5.57. The zero-order chi connectivity index (χ0) is 19.2. The lowest BCUT2D eigenvalue weighted by Crippen LogP contribution is -2.23. The smallest absolute Gasteiger partial charge is 0.311 e. The van der Waals surface area contributed by atoms with Gasteiger partial charge in [-0.25, -0.2) is 0 Å². The third-order valence-electron chi connectivity index (χ3n) is 4.63. The minimum atomic E-state index is -0.980. The predicted molar refractivity (Wildman–Crippen MR) is 106 cm³/mol. The van der Waals surface area contributed by atoms with E-state index in [1.165, 1.54) is 0 Å². The Morgan fingerprint density at radius 1 is 0.815 bits per heavy atom. The Morgan fingerprint density at radius 2 is 1.37 bits per heavy atom. The van der Waals surface area contributed by atoms with Gasteiger partial charge in [-0.2, -0.15) is 0 Å². The summed E-state index contributed by atoms with van der Waals surface area (Å²) in [4.78, 5) is 25.1. The van der Waals surface area contributed by atoms with Crippen LogP contribution >= 0.6 is 11.6 Å². The zero-order valence-corrected chi connectivity index (χ0v) is 15.3. The van der Waals surface area contributed by atoms with E-state index in [0.717, 1.165) is 0 Å². The van der Waals surface area contributed by atoms with Gasteiger partial charge in [-0.1, -0.05) is 90.5 Å². The van der Waals surface area contributed by atoms with Crippen LogP contribution in [0.5, 0.6) is 0 Å². The summed E-state index contributed by atoms with van der Waals surface area (Å²) in [7, 11) is 0. The molecule has 0 aliphatic rings. The molecule has 0 bridgehead atoms. The molecular weight excluding hydrogens is 360 g/mol. The Morgan fingerprint density at radius 3 is 1.96 bits per heavy atom. The van der Waals surface area contributed by atoms with E-state index < -0.39 is 17.8 Å². The summed E-state index contributed by atoms with van der Waals surface area (Å²) in [6, 6.07) is 25.0. The van der Waals surface area contributed by atoms with Gasteiger partial charge in [0.25, 0.3) is 0 Å². The number of carboxylic acids is 1. The molecule has 0 saturated heterocycles. The standard InChI is InChI=1S/C23H19ClO3/c24-20-14-8-7-13-18(20)19(15-21(25)16-9-3-1-4-10-16)22(23(26)27)17-11-5-2-6-12-17/h1-14,19,22H,15H2,(H,26,27). The van der Waals surface area contributed by atoms with E-state index in [-0.39, 0.29) is 12.2 Å². The van der Waals surface area contributed by atoms with Gasteiger partial charge in [0.15, 0.2) is 5.78 Å². The number of aliphatic carboxylic acids is 1. The average Bonchev–Trinajstić information content (AvgIpc) is 2.69. The second-order valence-corrected chi connectivity index (χ2v) is 6.76. The van der Waals surface area contributed by atoms with Crippen molar-refractivity contribution in [2.45, 2.75) is 18.3 Å². The minimum Gasteiger partial charge on any atom is -0.481 e. The van der Waals surface area contributed by atoms with Crippen molar-refractivity contribution in [2.24, 2.45) is 0 Å². The summed E-state index contributed by atoms with van der Waals surface area (Å²) in [5.74, 6) is -2.54. The number of Topliss-reactive ketones (excluding diaryl/α,β-unsaturated/α-hetero) is 1. The van der Waals surface area contributed by atoms with E-state index in [4.69, 9.17) is 11.6 Å². The van der Waals surface area contributed by atoms with Crippen molar-refractivity contribution in [3.05, 3.63) is 107 Å². The molecule has 136 valence electrons. The molecule has 0 saturated carbocycles. The fourth-order valence-corrected chi connectivity index (χ4v) is 3.61. The van der Waals surface area contributed by atoms with Crippen LogP contribution in [0.2, 0.25) is 5.02 Å². The normalized spacial score (nSPS) is 12.9. The van der Waals surface area contributed by atoms with E-state index in [1.54, 1.807) is 66.7 Å². The lowest BCUT2D eigenvalue weighted by molar-refractivity contribution is -0.139. The third-order valence-corrected chi connectivity index (χ3v) is 4.98. The molecule has 3 aromatic rings. The molecular formula is C23H19ClO3. The maximum Gasteiger partial charge on any atom is 0.311 e. The van der Waals surface area contributed by atoms with Crippen molar-refractivity contribution in [3.63, 3.8) is 0 Å².